The molecule has 38 heavy (non-hydrogen) atoms. The van der Waals surface area contributed by atoms with Gasteiger partial charge in [0.25, 0.3) is 5.91 Å². The van der Waals surface area contributed by atoms with Crippen LogP contribution in [-0.4, -0.2) is 42.1 Å². The Labute approximate surface area is 228 Å². The number of carbonyl (C=O) groups is 1. The van der Waals surface area contributed by atoms with Crippen LogP contribution in [0.5, 0.6) is 0 Å². The van der Waals surface area contributed by atoms with Crippen molar-refractivity contribution in [3.8, 4) is 0 Å². The molecule has 204 valence electrons. The van der Waals surface area contributed by atoms with Crippen molar-refractivity contribution >= 4 is 28.6 Å². The molecular formula is C32H45N5O. The van der Waals surface area contributed by atoms with E-state index in [0.29, 0.717) is 29.7 Å². The molecule has 3 aromatic rings. The molecule has 0 spiro atoms. The zero-order chi connectivity index (χ0) is 27.6. The highest BCUT2D eigenvalue weighted by atomic mass is 16.1. The average molecular weight is 516 g/mol. The minimum absolute atomic E-state index is 0.0811. The molecule has 1 aromatic heterocycles. The zero-order valence-corrected chi connectivity index (χ0v) is 24.4. The highest BCUT2D eigenvalue weighted by Crippen LogP contribution is 2.33. The molecular weight excluding hydrogens is 470 g/mol. The number of nitrogens with one attached hydrogen (secondary N) is 2. The van der Waals surface area contributed by atoms with Crippen LogP contribution < -0.4 is 15.5 Å². The highest BCUT2D eigenvalue weighted by Gasteiger charge is 2.27. The number of amides is 1. The van der Waals surface area contributed by atoms with Gasteiger partial charge in [0.15, 0.2) is 0 Å². The summed E-state index contributed by atoms with van der Waals surface area (Å²) in [5.41, 5.74) is 5.48. The Morgan fingerprint density at radius 3 is 1.97 bits per heavy atom. The molecule has 2 N–H and O–H groups in total. The topological polar surface area (TPSA) is 70.2 Å². The number of rotatable bonds is 8. The maximum absolute atomic E-state index is 13.7. The molecule has 0 bridgehead atoms. The summed E-state index contributed by atoms with van der Waals surface area (Å²) in [7, 11) is 4.02. The molecule has 1 fully saturated rings. The van der Waals surface area contributed by atoms with Crippen LogP contribution >= 0.6 is 0 Å². The lowest BCUT2D eigenvalue weighted by molar-refractivity contribution is 0.0924. The molecule has 6 heteroatoms. The lowest BCUT2D eigenvalue weighted by atomic mass is 9.83. The molecule has 6 nitrogen and oxygen atoms in total. The number of fused-ring (bicyclic) bond motifs is 1. The number of para-hydroxylation sites is 1. The van der Waals surface area contributed by atoms with E-state index in [1.807, 2.05) is 37.2 Å². The van der Waals surface area contributed by atoms with Gasteiger partial charge in [-0.05, 0) is 72.3 Å². The van der Waals surface area contributed by atoms with Crippen molar-refractivity contribution in [1.82, 2.24) is 15.3 Å². The second-order valence-corrected chi connectivity index (χ2v) is 12.0. The van der Waals surface area contributed by atoms with Crippen LogP contribution in [0, 0.1) is 0 Å². The van der Waals surface area contributed by atoms with Crippen molar-refractivity contribution in [2.45, 2.75) is 97.1 Å². The van der Waals surface area contributed by atoms with Crippen LogP contribution in [0.15, 0.2) is 36.4 Å². The van der Waals surface area contributed by atoms with Crippen molar-refractivity contribution < 1.29 is 4.79 Å². The van der Waals surface area contributed by atoms with Crippen LogP contribution in [0.2, 0.25) is 0 Å². The Bertz CT molecular complexity index is 1240. The van der Waals surface area contributed by atoms with E-state index in [2.05, 4.69) is 70.4 Å². The molecule has 2 aromatic carbocycles. The molecule has 1 heterocycles. The first kappa shape index (κ1) is 27.9. The van der Waals surface area contributed by atoms with Gasteiger partial charge >= 0.3 is 0 Å². The molecule has 1 aliphatic rings. The quantitative estimate of drug-likeness (QED) is 0.331. The second kappa shape index (κ2) is 11.7. The summed E-state index contributed by atoms with van der Waals surface area (Å²) in [6, 6.07) is 13.1. The summed E-state index contributed by atoms with van der Waals surface area (Å²) in [5.74, 6) is 2.70. The molecule has 0 saturated heterocycles. The normalized spacial score (nSPS) is 17.9. The Kier molecular flexibility index (Phi) is 8.59. The van der Waals surface area contributed by atoms with E-state index in [1.54, 1.807) is 0 Å². The van der Waals surface area contributed by atoms with Crippen LogP contribution in [0.3, 0.4) is 0 Å². The average Bonchev–Trinajstić information content (AvgIpc) is 2.88. The third kappa shape index (κ3) is 6.11. The van der Waals surface area contributed by atoms with Gasteiger partial charge in [-0.25, -0.2) is 4.98 Å². The number of benzene rings is 2. The zero-order valence-electron chi connectivity index (χ0n) is 24.4. The predicted octanol–water partition coefficient (Wildman–Crippen LogP) is 7.22. The first-order chi connectivity index (χ1) is 18.0. The molecule has 4 rings (SSSR count). The van der Waals surface area contributed by atoms with E-state index < -0.39 is 0 Å². The van der Waals surface area contributed by atoms with E-state index >= 15 is 0 Å². The fourth-order valence-electron chi connectivity index (χ4n) is 5.51. The minimum atomic E-state index is 0.0811. The van der Waals surface area contributed by atoms with Crippen LogP contribution in [-0.2, 0) is 0 Å². The molecule has 0 radical (unpaired) electrons. The number of hydrogen-bond donors (Lipinski definition) is 2. The molecule has 0 atom stereocenters. The van der Waals surface area contributed by atoms with Crippen molar-refractivity contribution in [2.75, 3.05) is 24.3 Å². The Hall–Kier alpha value is -3.15. The van der Waals surface area contributed by atoms with Gasteiger partial charge in [0.1, 0.15) is 5.82 Å². The summed E-state index contributed by atoms with van der Waals surface area (Å²) in [6.45, 7) is 13.2. The molecule has 1 aliphatic carbocycles. The van der Waals surface area contributed by atoms with Crippen molar-refractivity contribution in [3.05, 3.63) is 58.7 Å². The van der Waals surface area contributed by atoms with Gasteiger partial charge in [-0.3, -0.25) is 4.79 Å². The monoisotopic (exact) mass is 515 g/mol. The standard InChI is InChI=1S/C32H45N5O/c1-19(2)22-17-26(20(3)4)29(27(18-22)21(5)6)31(38)33-23-13-15-24(16-14-23)34-32-35-28-12-10-9-11-25(28)30(36-32)37(7)8/h9-12,17-21,23-24H,13-16H2,1-8H3,(H,33,38)(H,34,35,36)/t23-,24+. The lowest BCUT2D eigenvalue weighted by Gasteiger charge is -2.31. The van der Waals surface area contributed by atoms with Gasteiger partial charge in [-0.15, -0.1) is 0 Å². The highest BCUT2D eigenvalue weighted by molar-refractivity contribution is 5.98. The molecule has 1 saturated carbocycles. The number of carbonyl (C=O) groups excluding carboxylic acids is 1. The van der Waals surface area contributed by atoms with Crippen LogP contribution in [0.4, 0.5) is 11.8 Å². The van der Waals surface area contributed by atoms with E-state index in [-0.39, 0.29) is 11.9 Å². The summed E-state index contributed by atoms with van der Waals surface area (Å²) in [6.07, 6.45) is 3.82. The molecule has 1 amide bonds. The van der Waals surface area contributed by atoms with Crippen LogP contribution in [0.25, 0.3) is 10.9 Å². The third-order valence-electron chi connectivity index (χ3n) is 7.76. The van der Waals surface area contributed by atoms with E-state index in [9.17, 15) is 4.79 Å². The largest absolute Gasteiger partial charge is 0.362 e. The summed E-state index contributed by atoms with van der Waals surface area (Å²) in [5, 5.41) is 8.03. The first-order valence-electron chi connectivity index (χ1n) is 14.2. The Morgan fingerprint density at radius 2 is 1.42 bits per heavy atom. The summed E-state index contributed by atoms with van der Waals surface area (Å²) in [4.78, 5) is 25.3. The van der Waals surface area contributed by atoms with Gasteiger partial charge < -0.3 is 15.5 Å². The van der Waals surface area contributed by atoms with Gasteiger partial charge in [0.2, 0.25) is 5.95 Å². The fraction of sp³-hybridized carbons (Fsp3) is 0.531. The van der Waals surface area contributed by atoms with Gasteiger partial charge in [-0.2, -0.15) is 4.98 Å². The summed E-state index contributed by atoms with van der Waals surface area (Å²) >= 11 is 0. The SMILES string of the molecule is CC(C)c1cc(C(C)C)c(C(=O)N[C@H]2CC[C@@H](Nc3nc(N(C)C)c4ccccc4n3)CC2)c(C(C)C)c1. The first-order valence-corrected chi connectivity index (χ1v) is 14.2. The van der Waals surface area contributed by atoms with Gasteiger partial charge in [0, 0.05) is 37.1 Å². The van der Waals surface area contributed by atoms with E-state index in [1.165, 1.54) is 5.56 Å². The third-order valence-corrected chi connectivity index (χ3v) is 7.76. The smallest absolute Gasteiger partial charge is 0.252 e. The number of anilines is 2. The minimum Gasteiger partial charge on any atom is -0.362 e. The van der Waals surface area contributed by atoms with Gasteiger partial charge in [-0.1, -0.05) is 65.8 Å². The Morgan fingerprint density at radius 1 is 0.842 bits per heavy atom. The van der Waals surface area contributed by atoms with Crippen molar-refractivity contribution in [2.24, 2.45) is 0 Å². The van der Waals surface area contributed by atoms with Crippen LogP contribution in [0.1, 0.15) is 112 Å². The second-order valence-electron chi connectivity index (χ2n) is 12.0. The predicted molar refractivity (Wildman–Crippen MR) is 160 cm³/mol. The van der Waals surface area contributed by atoms with E-state index in [0.717, 1.165) is 59.1 Å². The number of nitrogens with zero attached hydrogens (tertiary/aromatic N) is 3. The summed E-state index contributed by atoms with van der Waals surface area (Å²) < 4.78 is 0. The van der Waals surface area contributed by atoms with E-state index in [4.69, 9.17) is 9.97 Å². The van der Waals surface area contributed by atoms with Crippen molar-refractivity contribution in [1.29, 1.82) is 0 Å². The maximum Gasteiger partial charge on any atom is 0.252 e. The Balaban J connectivity index is 1.45. The molecule has 0 aliphatic heterocycles. The van der Waals surface area contributed by atoms with Gasteiger partial charge in [0.05, 0.1) is 5.52 Å². The van der Waals surface area contributed by atoms with Crippen molar-refractivity contribution in [3.63, 3.8) is 0 Å². The molecule has 0 unspecified atom stereocenters. The fourth-order valence-corrected chi connectivity index (χ4v) is 5.51. The lowest BCUT2D eigenvalue weighted by Crippen LogP contribution is -2.41. The number of aromatic nitrogens is 2. The number of hydrogen-bond acceptors (Lipinski definition) is 5. The maximum atomic E-state index is 13.7.